The Morgan fingerprint density at radius 3 is 2.82 bits per heavy atom. The zero-order chi connectivity index (χ0) is 19.7. The third kappa shape index (κ3) is 3.49. The molecule has 0 amide bonds. The smallest absolute Gasteiger partial charge is 0.272 e. The van der Waals surface area contributed by atoms with Gasteiger partial charge < -0.3 is 25.8 Å². The largest absolute Gasteiger partial charge is 0.394 e. The molecule has 1 aliphatic carbocycles. The average molecular weight is 389 g/mol. The molecule has 4 atom stereocenters. The Morgan fingerprint density at radius 1 is 1.25 bits per heavy atom. The van der Waals surface area contributed by atoms with E-state index in [0.717, 1.165) is 12.8 Å². The van der Waals surface area contributed by atoms with Crippen LogP contribution in [0.4, 0.5) is 11.8 Å². The third-order valence-corrected chi connectivity index (χ3v) is 5.05. The molecule has 11 nitrogen and oxygen atoms in total. The van der Waals surface area contributed by atoms with Crippen LogP contribution in [-0.4, -0.2) is 66.3 Å². The summed E-state index contributed by atoms with van der Waals surface area (Å²) in [5.41, 5.74) is 7.84. The number of nitrogens with two attached hydrogens (primary N) is 1. The van der Waals surface area contributed by atoms with Crippen LogP contribution in [-0.2, 0) is 4.74 Å². The minimum Gasteiger partial charge on any atom is -0.394 e. The molecular formula is C17H23N7O4. The molecule has 2 aromatic heterocycles. The van der Waals surface area contributed by atoms with Crippen LogP contribution in [0.5, 0.6) is 0 Å². The Hall–Kier alpha value is -2.47. The molecule has 2 aliphatic rings. The van der Waals surface area contributed by atoms with E-state index >= 15 is 0 Å². The summed E-state index contributed by atoms with van der Waals surface area (Å²) in [6.45, 7) is 0.0726. The average Bonchev–Trinajstić information content (AvgIpc) is 3.24. The first-order valence-electron chi connectivity index (χ1n) is 9.26. The van der Waals surface area contributed by atoms with Crippen LogP contribution in [0.3, 0.4) is 0 Å². The molecule has 3 heterocycles. The number of rotatable bonds is 5. The number of imidazole rings is 1. The second kappa shape index (κ2) is 7.87. The van der Waals surface area contributed by atoms with E-state index in [9.17, 15) is 15.3 Å². The molecule has 1 saturated heterocycles. The van der Waals surface area contributed by atoms with Crippen LogP contribution < -0.4 is 5.73 Å². The number of fused-ring (bicyclic) bond motifs is 1. The molecule has 0 aromatic carbocycles. The van der Waals surface area contributed by atoms with Crippen molar-refractivity contribution in [1.29, 1.82) is 0 Å². The molecule has 1 unspecified atom stereocenters. The zero-order valence-electron chi connectivity index (χ0n) is 15.2. The highest BCUT2D eigenvalue weighted by atomic mass is 16.6. The predicted molar refractivity (Wildman–Crippen MR) is 98.7 cm³/mol. The highest BCUT2D eigenvalue weighted by Crippen LogP contribution is 2.32. The van der Waals surface area contributed by atoms with Crippen molar-refractivity contribution in [3.05, 3.63) is 18.0 Å². The van der Waals surface area contributed by atoms with E-state index in [-0.39, 0.29) is 11.8 Å². The molecule has 1 fully saturated rings. The topological polar surface area (TPSA) is 164 Å². The van der Waals surface area contributed by atoms with Gasteiger partial charge in [0.15, 0.2) is 17.7 Å². The van der Waals surface area contributed by atoms with Crippen LogP contribution in [0, 0.1) is 0 Å². The normalized spacial score (nSPS) is 28.3. The van der Waals surface area contributed by atoms with Gasteiger partial charge in [-0.25, -0.2) is 4.98 Å². The lowest BCUT2D eigenvalue weighted by molar-refractivity contribution is -0.0511. The molecule has 4 rings (SSSR count). The molecule has 1 aliphatic heterocycles. The van der Waals surface area contributed by atoms with E-state index in [1.807, 2.05) is 0 Å². The summed E-state index contributed by atoms with van der Waals surface area (Å²) >= 11 is 0. The van der Waals surface area contributed by atoms with Crippen molar-refractivity contribution in [3.63, 3.8) is 0 Å². The second-order valence-electron chi connectivity index (χ2n) is 6.97. The summed E-state index contributed by atoms with van der Waals surface area (Å²) in [5, 5.41) is 37.8. The number of hydrogen-bond acceptors (Lipinski definition) is 10. The number of allylic oxidation sites excluding steroid dienone is 1. The SMILES string of the molecule is Nc1nc(N=NCC2=CCCCC2)nc2c1ncn2C1O[C@H](CO)[C@@H](O)[C@H]1O. The summed E-state index contributed by atoms with van der Waals surface area (Å²) in [6, 6.07) is 0. The van der Waals surface area contributed by atoms with Crippen molar-refractivity contribution in [2.75, 3.05) is 18.9 Å². The van der Waals surface area contributed by atoms with Gasteiger partial charge >= 0.3 is 0 Å². The van der Waals surface area contributed by atoms with Crippen LogP contribution >= 0.6 is 0 Å². The van der Waals surface area contributed by atoms with E-state index < -0.39 is 31.1 Å². The van der Waals surface area contributed by atoms with Gasteiger partial charge in [-0.15, -0.1) is 5.11 Å². The van der Waals surface area contributed by atoms with Crippen molar-refractivity contribution in [2.45, 2.75) is 50.2 Å². The fourth-order valence-electron chi connectivity index (χ4n) is 3.50. The van der Waals surface area contributed by atoms with Crippen LogP contribution in [0.1, 0.15) is 31.9 Å². The van der Waals surface area contributed by atoms with Crippen LogP contribution in [0.15, 0.2) is 28.2 Å². The van der Waals surface area contributed by atoms with Gasteiger partial charge in [0.2, 0.25) is 0 Å². The lowest BCUT2D eigenvalue weighted by atomic mass is 10.00. The summed E-state index contributed by atoms with van der Waals surface area (Å²) in [4.78, 5) is 12.6. The van der Waals surface area contributed by atoms with Gasteiger partial charge in [0.05, 0.1) is 19.5 Å². The number of anilines is 1. The fourth-order valence-corrected chi connectivity index (χ4v) is 3.50. The van der Waals surface area contributed by atoms with Gasteiger partial charge in [-0.1, -0.05) is 11.6 Å². The first-order chi connectivity index (χ1) is 13.6. The van der Waals surface area contributed by atoms with Gasteiger partial charge in [-0.2, -0.15) is 15.1 Å². The molecule has 28 heavy (non-hydrogen) atoms. The van der Waals surface area contributed by atoms with Crippen LogP contribution in [0.25, 0.3) is 11.2 Å². The summed E-state index contributed by atoms with van der Waals surface area (Å²) in [5.74, 6) is 0.205. The van der Waals surface area contributed by atoms with Crippen LogP contribution in [0.2, 0.25) is 0 Å². The highest BCUT2D eigenvalue weighted by Gasteiger charge is 2.44. The Bertz CT molecular complexity index is 912. The number of nitrogen functional groups attached to an aromatic ring is 1. The summed E-state index contributed by atoms with van der Waals surface area (Å²) in [7, 11) is 0. The van der Waals surface area contributed by atoms with E-state index in [4.69, 9.17) is 10.5 Å². The fraction of sp³-hybridized carbons (Fsp3) is 0.588. The van der Waals surface area contributed by atoms with Crippen molar-refractivity contribution in [3.8, 4) is 0 Å². The van der Waals surface area contributed by atoms with Gasteiger partial charge in [-0.3, -0.25) is 4.57 Å². The third-order valence-electron chi connectivity index (χ3n) is 5.05. The van der Waals surface area contributed by atoms with Gasteiger partial charge in [0.25, 0.3) is 5.95 Å². The molecule has 0 radical (unpaired) electrons. The van der Waals surface area contributed by atoms with E-state index in [1.54, 1.807) is 0 Å². The van der Waals surface area contributed by atoms with Crippen molar-refractivity contribution in [2.24, 2.45) is 10.2 Å². The molecular weight excluding hydrogens is 366 g/mol. The highest BCUT2D eigenvalue weighted by molar-refractivity contribution is 5.82. The Kier molecular flexibility index (Phi) is 5.31. The predicted octanol–water partition coefficient (Wildman–Crippen LogP) is 0.604. The number of ether oxygens (including phenoxy) is 1. The van der Waals surface area contributed by atoms with Gasteiger partial charge in [0, 0.05) is 0 Å². The zero-order valence-corrected chi connectivity index (χ0v) is 15.2. The lowest BCUT2D eigenvalue weighted by Gasteiger charge is -2.16. The lowest BCUT2D eigenvalue weighted by Crippen LogP contribution is -2.33. The molecule has 5 N–H and O–H groups in total. The first kappa shape index (κ1) is 18.9. The summed E-state index contributed by atoms with van der Waals surface area (Å²) < 4.78 is 6.98. The molecule has 11 heteroatoms. The Labute approximate surface area is 160 Å². The van der Waals surface area contributed by atoms with Gasteiger partial charge in [-0.05, 0) is 25.7 Å². The minimum atomic E-state index is -1.26. The second-order valence-corrected chi connectivity index (χ2v) is 6.97. The maximum atomic E-state index is 10.3. The molecule has 0 spiro atoms. The number of aromatic nitrogens is 4. The van der Waals surface area contributed by atoms with Gasteiger partial charge in [0.1, 0.15) is 23.8 Å². The number of hydrogen-bond donors (Lipinski definition) is 4. The van der Waals surface area contributed by atoms with E-state index in [1.165, 1.54) is 29.3 Å². The minimum absolute atomic E-state index is 0.0786. The number of azo groups is 1. The number of nitrogens with zero attached hydrogens (tertiary/aromatic N) is 6. The molecule has 150 valence electrons. The Balaban J connectivity index is 1.60. The molecule has 0 bridgehead atoms. The summed E-state index contributed by atoms with van der Waals surface area (Å²) in [6.07, 6.45) is 3.71. The maximum Gasteiger partial charge on any atom is 0.272 e. The maximum absolute atomic E-state index is 10.3. The number of aliphatic hydroxyl groups is 3. The quantitative estimate of drug-likeness (QED) is 0.426. The molecule has 0 saturated carbocycles. The standard InChI is InChI=1S/C17H23N7O4/c18-14-11-15(22-17(21-14)23-20-6-9-4-2-1-3-5-9)24(8-19-11)16-13(27)12(26)10(7-25)28-16/h4,8,10,12-13,16,25-27H,1-3,5-7H2,(H2,18,21,22)/t10-,12-,13-,16?/m1/s1. The Morgan fingerprint density at radius 2 is 2.11 bits per heavy atom. The van der Waals surface area contributed by atoms with E-state index in [0.29, 0.717) is 17.7 Å². The van der Waals surface area contributed by atoms with E-state index in [2.05, 4.69) is 31.3 Å². The monoisotopic (exact) mass is 389 g/mol. The van der Waals surface area contributed by atoms with Crippen molar-refractivity contribution in [1.82, 2.24) is 19.5 Å². The van der Waals surface area contributed by atoms with Crippen molar-refractivity contribution < 1.29 is 20.1 Å². The first-order valence-corrected chi connectivity index (χ1v) is 9.26. The molecule has 2 aromatic rings. The van der Waals surface area contributed by atoms with Crippen molar-refractivity contribution >= 4 is 22.9 Å². The number of aliphatic hydroxyl groups excluding tert-OH is 3.